The molecule has 1 fully saturated rings. The lowest BCUT2D eigenvalue weighted by molar-refractivity contribution is -0.145. The number of amides is 1. The van der Waals surface area contributed by atoms with Gasteiger partial charge in [-0.2, -0.15) is 5.26 Å². The van der Waals surface area contributed by atoms with Gasteiger partial charge in [-0.25, -0.2) is 4.79 Å². The molecular formula is C24H23BrClN3O4. The molecule has 0 spiro atoms. The molecule has 2 aromatic carbocycles. The lowest BCUT2D eigenvalue weighted by Gasteiger charge is -2.36. The van der Waals surface area contributed by atoms with Crippen molar-refractivity contribution in [2.24, 2.45) is 0 Å². The van der Waals surface area contributed by atoms with Gasteiger partial charge in [0, 0.05) is 31.9 Å². The van der Waals surface area contributed by atoms with Crippen LogP contribution in [0.2, 0.25) is 5.02 Å². The highest BCUT2D eigenvalue weighted by Gasteiger charge is 2.24. The molecule has 1 aliphatic heterocycles. The van der Waals surface area contributed by atoms with Crippen molar-refractivity contribution in [2.45, 2.75) is 6.92 Å². The van der Waals surface area contributed by atoms with Gasteiger partial charge >= 0.3 is 5.97 Å². The van der Waals surface area contributed by atoms with Gasteiger partial charge in [-0.05, 0) is 58.8 Å². The number of esters is 1. The molecule has 0 bridgehead atoms. The molecule has 0 unspecified atom stereocenters. The van der Waals surface area contributed by atoms with Crippen molar-refractivity contribution in [3.63, 3.8) is 0 Å². The zero-order valence-corrected chi connectivity index (χ0v) is 20.4. The summed E-state index contributed by atoms with van der Waals surface area (Å²) in [4.78, 5) is 28.4. The normalized spacial score (nSPS) is 13.9. The first-order valence-electron chi connectivity index (χ1n) is 10.4. The Bertz CT molecular complexity index is 1050. The van der Waals surface area contributed by atoms with Crippen molar-refractivity contribution < 1.29 is 19.1 Å². The third-order valence-electron chi connectivity index (χ3n) is 5.01. The number of hydrogen-bond donors (Lipinski definition) is 0. The van der Waals surface area contributed by atoms with Gasteiger partial charge in [-0.15, -0.1) is 0 Å². The van der Waals surface area contributed by atoms with E-state index in [-0.39, 0.29) is 35.5 Å². The number of rotatable bonds is 7. The van der Waals surface area contributed by atoms with Crippen LogP contribution in [-0.2, 0) is 14.3 Å². The predicted octanol–water partition coefficient (Wildman–Crippen LogP) is 4.30. The van der Waals surface area contributed by atoms with Crippen LogP contribution in [0.5, 0.6) is 5.75 Å². The van der Waals surface area contributed by atoms with Crippen LogP contribution < -0.4 is 9.64 Å². The zero-order valence-electron chi connectivity index (χ0n) is 18.1. The van der Waals surface area contributed by atoms with Crippen LogP contribution in [0.15, 0.2) is 52.5 Å². The smallest absolute Gasteiger partial charge is 0.344 e. The molecule has 0 aromatic heterocycles. The average Bonchev–Trinajstić information content (AvgIpc) is 2.82. The van der Waals surface area contributed by atoms with E-state index in [2.05, 4.69) is 20.8 Å². The molecule has 172 valence electrons. The van der Waals surface area contributed by atoms with Crippen molar-refractivity contribution >= 4 is 51.2 Å². The standard InChI is InChI=1S/C24H23BrClN3O4/c1-2-32-22(30)16-33-23-20(25)13-17(14-21(23)26)12-18(15-27)24(31)29-10-8-28(9-11-29)19-6-4-3-5-7-19/h3-7,12-14H,2,8-11,16H2,1H3/b18-12-. The Morgan fingerprint density at radius 3 is 2.48 bits per heavy atom. The summed E-state index contributed by atoms with van der Waals surface area (Å²) in [6, 6.07) is 15.3. The van der Waals surface area contributed by atoms with Crippen LogP contribution in [-0.4, -0.2) is 56.2 Å². The van der Waals surface area contributed by atoms with Gasteiger partial charge in [0.1, 0.15) is 11.6 Å². The molecule has 0 aliphatic carbocycles. The first-order valence-corrected chi connectivity index (χ1v) is 11.6. The van der Waals surface area contributed by atoms with E-state index >= 15 is 0 Å². The number of para-hydroxylation sites is 1. The number of hydrogen-bond acceptors (Lipinski definition) is 6. The maximum Gasteiger partial charge on any atom is 0.344 e. The second-order valence-electron chi connectivity index (χ2n) is 7.19. The number of nitriles is 1. The second-order valence-corrected chi connectivity index (χ2v) is 8.45. The monoisotopic (exact) mass is 531 g/mol. The minimum atomic E-state index is -0.505. The molecule has 0 N–H and O–H groups in total. The van der Waals surface area contributed by atoms with Gasteiger partial charge in [0.25, 0.3) is 5.91 Å². The number of anilines is 1. The van der Waals surface area contributed by atoms with Crippen LogP contribution >= 0.6 is 27.5 Å². The number of carbonyl (C=O) groups excluding carboxylic acids is 2. The van der Waals surface area contributed by atoms with Gasteiger partial charge in [0.2, 0.25) is 0 Å². The van der Waals surface area contributed by atoms with Gasteiger partial charge in [-0.3, -0.25) is 4.79 Å². The molecule has 7 nitrogen and oxygen atoms in total. The third kappa shape index (κ3) is 6.50. The van der Waals surface area contributed by atoms with Crippen molar-refractivity contribution in [1.29, 1.82) is 5.26 Å². The fraction of sp³-hybridized carbons (Fsp3) is 0.292. The summed E-state index contributed by atoms with van der Waals surface area (Å²) < 4.78 is 10.8. The van der Waals surface area contributed by atoms with Crippen LogP contribution in [0.25, 0.3) is 6.08 Å². The van der Waals surface area contributed by atoms with Crippen LogP contribution in [0.3, 0.4) is 0 Å². The Labute approximate surface area is 206 Å². The van der Waals surface area contributed by atoms with Gasteiger partial charge in [0.05, 0.1) is 16.1 Å². The molecule has 1 amide bonds. The highest BCUT2D eigenvalue weighted by molar-refractivity contribution is 9.10. The third-order valence-corrected chi connectivity index (χ3v) is 5.88. The molecule has 0 atom stereocenters. The minimum Gasteiger partial charge on any atom is -0.479 e. The molecule has 1 saturated heterocycles. The molecule has 1 heterocycles. The zero-order chi connectivity index (χ0) is 23.8. The summed E-state index contributed by atoms with van der Waals surface area (Å²) in [7, 11) is 0. The van der Waals surface area contributed by atoms with Gasteiger partial charge in [0.15, 0.2) is 12.4 Å². The van der Waals surface area contributed by atoms with E-state index in [4.69, 9.17) is 21.1 Å². The largest absolute Gasteiger partial charge is 0.479 e. The predicted molar refractivity (Wildman–Crippen MR) is 130 cm³/mol. The van der Waals surface area contributed by atoms with E-state index in [9.17, 15) is 14.9 Å². The number of halogens is 2. The summed E-state index contributed by atoms with van der Waals surface area (Å²) in [5.41, 5.74) is 1.69. The Kier molecular flexibility index (Phi) is 8.75. The summed E-state index contributed by atoms with van der Waals surface area (Å²) in [6.45, 7) is 4.12. The van der Waals surface area contributed by atoms with E-state index in [0.717, 1.165) is 5.69 Å². The second kappa shape index (κ2) is 11.7. The summed E-state index contributed by atoms with van der Waals surface area (Å²) in [6.07, 6.45) is 1.50. The molecule has 0 saturated carbocycles. The van der Waals surface area contributed by atoms with Crippen LogP contribution in [0, 0.1) is 11.3 Å². The van der Waals surface area contributed by atoms with E-state index in [1.807, 2.05) is 36.4 Å². The van der Waals surface area contributed by atoms with Crippen molar-refractivity contribution in [1.82, 2.24) is 4.90 Å². The van der Waals surface area contributed by atoms with Crippen molar-refractivity contribution in [3.05, 3.63) is 63.1 Å². The molecule has 2 aromatic rings. The van der Waals surface area contributed by atoms with E-state index in [1.54, 1.807) is 24.0 Å². The van der Waals surface area contributed by atoms with E-state index in [0.29, 0.717) is 36.2 Å². The number of nitrogens with zero attached hydrogens (tertiary/aromatic N) is 3. The quantitative estimate of drug-likeness (QED) is 0.300. The van der Waals surface area contributed by atoms with E-state index in [1.165, 1.54) is 6.08 Å². The number of piperazine rings is 1. The Morgan fingerprint density at radius 1 is 1.18 bits per heavy atom. The Balaban J connectivity index is 1.68. The lowest BCUT2D eigenvalue weighted by atomic mass is 10.1. The summed E-state index contributed by atoms with van der Waals surface area (Å²) in [5, 5.41) is 9.85. The number of carbonyl (C=O) groups is 2. The fourth-order valence-corrected chi connectivity index (χ4v) is 4.41. The minimum absolute atomic E-state index is 0.0197. The molecule has 3 rings (SSSR count). The molecule has 33 heavy (non-hydrogen) atoms. The molecular weight excluding hydrogens is 510 g/mol. The highest BCUT2D eigenvalue weighted by atomic mass is 79.9. The number of ether oxygens (including phenoxy) is 2. The fourth-order valence-electron chi connectivity index (χ4n) is 3.42. The topological polar surface area (TPSA) is 82.9 Å². The van der Waals surface area contributed by atoms with Crippen molar-refractivity contribution in [3.8, 4) is 11.8 Å². The molecule has 0 radical (unpaired) electrons. The van der Waals surface area contributed by atoms with Crippen LogP contribution in [0.4, 0.5) is 5.69 Å². The van der Waals surface area contributed by atoms with Gasteiger partial charge in [-0.1, -0.05) is 29.8 Å². The maximum atomic E-state index is 12.9. The average molecular weight is 533 g/mol. The number of benzene rings is 2. The first-order chi connectivity index (χ1) is 15.9. The lowest BCUT2D eigenvalue weighted by Crippen LogP contribution is -2.49. The Morgan fingerprint density at radius 2 is 1.88 bits per heavy atom. The Hall–Kier alpha value is -3.02. The van der Waals surface area contributed by atoms with Gasteiger partial charge < -0.3 is 19.3 Å². The molecule has 9 heteroatoms. The summed E-state index contributed by atoms with van der Waals surface area (Å²) in [5.74, 6) is -0.544. The SMILES string of the molecule is CCOC(=O)COc1c(Cl)cc(/C=C(/C#N)C(=O)N2CCN(c3ccccc3)CC2)cc1Br. The van der Waals surface area contributed by atoms with Crippen LogP contribution in [0.1, 0.15) is 12.5 Å². The molecule has 1 aliphatic rings. The highest BCUT2D eigenvalue weighted by Crippen LogP contribution is 2.35. The summed E-state index contributed by atoms with van der Waals surface area (Å²) >= 11 is 9.67. The van der Waals surface area contributed by atoms with Crippen molar-refractivity contribution in [2.75, 3.05) is 44.3 Å². The van der Waals surface area contributed by atoms with E-state index < -0.39 is 5.97 Å². The first kappa shape index (κ1) is 24.6. The maximum absolute atomic E-state index is 12.9.